The molecule has 2 amide bonds. The average Bonchev–Trinajstić information content (AvgIpc) is 2.65. The molecular formula is C18H17F3N2O4S2. The van der Waals surface area contributed by atoms with Crippen LogP contribution in [0.4, 0.5) is 18.9 Å². The van der Waals surface area contributed by atoms with E-state index >= 15 is 0 Å². The Labute approximate surface area is 169 Å². The fourth-order valence-corrected chi connectivity index (χ4v) is 4.11. The third kappa shape index (κ3) is 5.51. The highest BCUT2D eigenvalue weighted by Crippen LogP contribution is 2.37. The number of primary amides is 1. The molecule has 0 atom stereocenters. The van der Waals surface area contributed by atoms with Gasteiger partial charge in [0.25, 0.3) is 5.91 Å². The van der Waals surface area contributed by atoms with Crippen molar-refractivity contribution >= 4 is 39.1 Å². The van der Waals surface area contributed by atoms with Crippen molar-refractivity contribution in [2.45, 2.75) is 22.2 Å². The molecule has 0 saturated carbocycles. The highest BCUT2D eigenvalue weighted by Gasteiger charge is 2.29. The lowest BCUT2D eigenvalue weighted by Gasteiger charge is -2.19. The van der Waals surface area contributed by atoms with Crippen LogP contribution in [0.25, 0.3) is 0 Å². The first-order valence-corrected chi connectivity index (χ1v) is 10.6. The second-order valence-corrected chi connectivity index (χ2v) is 9.27. The summed E-state index contributed by atoms with van der Waals surface area (Å²) in [4.78, 5) is 25.0. The summed E-state index contributed by atoms with van der Waals surface area (Å²) in [5.41, 5.74) is 0.864. The van der Waals surface area contributed by atoms with Crippen molar-refractivity contribution in [2.75, 3.05) is 17.7 Å². The Bertz CT molecular complexity index is 1040. The quantitative estimate of drug-likeness (QED) is 0.686. The van der Waals surface area contributed by atoms with Gasteiger partial charge in [-0.1, -0.05) is 6.92 Å². The van der Waals surface area contributed by atoms with Gasteiger partial charge in [0.1, 0.15) is 0 Å². The van der Waals surface area contributed by atoms with Gasteiger partial charge in [-0.3, -0.25) is 9.59 Å². The van der Waals surface area contributed by atoms with Crippen LogP contribution < -0.4 is 10.6 Å². The van der Waals surface area contributed by atoms with E-state index in [1.54, 1.807) is 0 Å². The Balaban J connectivity index is 2.36. The first-order valence-electron chi connectivity index (χ1n) is 8.16. The largest absolute Gasteiger partial charge is 0.446 e. The number of halogens is 3. The van der Waals surface area contributed by atoms with Gasteiger partial charge in [0.15, 0.2) is 9.84 Å². The van der Waals surface area contributed by atoms with Crippen LogP contribution in [0.15, 0.2) is 52.3 Å². The van der Waals surface area contributed by atoms with E-state index in [0.29, 0.717) is 5.69 Å². The van der Waals surface area contributed by atoms with Crippen molar-refractivity contribution in [2.24, 2.45) is 5.73 Å². The van der Waals surface area contributed by atoms with E-state index in [0.717, 1.165) is 17.0 Å². The normalized spacial score (nSPS) is 11.9. The van der Waals surface area contributed by atoms with E-state index in [1.165, 1.54) is 44.3 Å². The van der Waals surface area contributed by atoms with Crippen LogP contribution in [0.3, 0.4) is 0 Å². The summed E-state index contributed by atoms with van der Waals surface area (Å²) in [5.74, 6) is -1.84. The third-order valence-electron chi connectivity index (χ3n) is 3.97. The van der Waals surface area contributed by atoms with E-state index in [4.69, 9.17) is 5.73 Å². The summed E-state index contributed by atoms with van der Waals surface area (Å²) in [5, 5.41) is 0. The van der Waals surface area contributed by atoms with E-state index in [-0.39, 0.29) is 38.4 Å². The molecule has 2 rings (SSSR count). The monoisotopic (exact) mass is 446 g/mol. The van der Waals surface area contributed by atoms with Gasteiger partial charge in [-0.05, 0) is 54.2 Å². The molecule has 2 aromatic rings. The molecule has 0 aliphatic rings. The third-order valence-corrected chi connectivity index (χ3v) is 6.48. The summed E-state index contributed by atoms with van der Waals surface area (Å²) in [7, 11) is -2.43. The van der Waals surface area contributed by atoms with Crippen LogP contribution in [-0.4, -0.2) is 38.5 Å². The SMILES string of the molecule is CCS(=O)(=O)c1cc(C(=O)N(C)c2ccc(SC(F)(F)F)cc2)ccc1C(N)=O. The van der Waals surface area contributed by atoms with Gasteiger partial charge in [-0.25, -0.2) is 8.42 Å². The van der Waals surface area contributed by atoms with Crippen molar-refractivity contribution in [3.63, 3.8) is 0 Å². The first kappa shape index (κ1) is 22.8. The maximum atomic E-state index is 12.7. The van der Waals surface area contributed by atoms with Crippen molar-refractivity contribution in [1.29, 1.82) is 0 Å². The number of hydrogen-bond acceptors (Lipinski definition) is 5. The van der Waals surface area contributed by atoms with Gasteiger partial charge in [-0.2, -0.15) is 13.2 Å². The minimum atomic E-state index is -4.42. The van der Waals surface area contributed by atoms with E-state index in [2.05, 4.69) is 0 Å². The van der Waals surface area contributed by atoms with Crippen LogP contribution in [0.5, 0.6) is 0 Å². The molecule has 0 aliphatic carbocycles. The maximum absolute atomic E-state index is 12.7. The zero-order valence-electron chi connectivity index (χ0n) is 15.4. The molecule has 156 valence electrons. The molecule has 2 aromatic carbocycles. The molecule has 0 unspecified atom stereocenters. The fraction of sp³-hybridized carbons (Fsp3) is 0.222. The summed E-state index contributed by atoms with van der Waals surface area (Å²) < 4.78 is 61.8. The van der Waals surface area contributed by atoms with Gasteiger partial charge in [0.05, 0.1) is 16.2 Å². The molecule has 6 nitrogen and oxygen atoms in total. The highest BCUT2D eigenvalue weighted by atomic mass is 32.2. The Morgan fingerprint density at radius 2 is 1.69 bits per heavy atom. The van der Waals surface area contributed by atoms with Crippen LogP contribution >= 0.6 is 11.8 Å². The van der Waals surface area contributed by atoms with Crippen LogP contribution in [-0.2, 0) is 9.84 Å². The molecule has 0 aromatic heterocycles. The predicted molar refractivity (Wildman–Crippen MR) is 104 cm³/mol. The second kappa shape index (κ2) is 8.46. The number of benzene rings is 2. The Kier molecular flexibility index (Phi) is 6.63. The topological polar surface area (TPSA) is 97.5 Å². The molecular weight excluding hydrogens is 429 g/mol. The predicted octanol–water partition coefficient (Wildman–Crippen LogP) is 3.47. The number of carbonyl (C=O) groups is 2. The second-order valence-electron chi connectivity index (χ2n) is 5.88. The number of rotatable bonds is 6. The number of nitrogens with two attached hydrogens (primary N) is 1. The van der Waals surface area contributed by atoms with Gasteiger partial charge in [0.2, 0.25) is 5.91 Å². The molecule has 0 saturated heterocycles. The van der Waals surface area contributed by atoms with Crippen LogP contribution in [0.1, 0.15) is 27.6 Å². The van der Waals surface area contributed by atoms with Gasteiger partial charge in [0, 0.05) is 23.2 Å². The van der Waals surface area contributed by atoms with Gasteiger partial charge < -0.3 is 10.6 Å². The zero-order chi connectivity index (χ0) is 22.0. The van der Waals surface area contributed by atoms with E-state index in [1.807, 2.05) is 0 Å². The minimum Gasteiger partial charge on any atom is -0.366 e. The number of amides is 2. The van der Waals surface area contributed by atoms with Crippen molar-refractivity contribution in [3.8, 4) is 0 Å². The standard InChI is InChI=1S/C18H17F3N2O4S2/c1-3-29(26,27)15-10-11(4-9-14(15)16(22)24)17(25)23(2)12-5-7-13(8-6-12)28-18(19,20)21/h4-10H,3H2,1-2H3,(H2,22,24). The fourth-order valence-electron chi connectivity index (χ4n) is 2.45. The van der Waals surface area contributed by atoms with Gasteiger partial charge in [-0.15, -0.1) is 0 Å². The molecule has 11 heteroatoms. The van der Waals surface area contributed by atoms with Crippen LogP contribution in [0.2, 0.25) is 0 Å². The summed E-state index contributed by atoms with van der Waals surface area (Å²) >= 11 is -0.277. The number of nitrogens with zero attached hydrogens (tertiary/aromatic N) is 1. The Hall–Kier alpha value is -2.53. The van der Waals surface area contributed by atoms with Crippen molar-refractivity contribution in [1.82, 2.24) is 0 Å². The lowest BCUT2D eigenvalue weighted by Crippen LogP contribution is -2.27. The molecule has 0 fully saturated rings. The van der Waals surface area contributed by atoms with Crippen molar-refractivity contribution in [3.05, 3.63) is 53.6 Å². The highest BCUT2D eigenvalue weighted by molar-refractivity contribution is 8.00. The summed E-state index contributed by atoms with van der Waals surface area (Å²) in [6.45, 7) is 1.39. The lowest BCUT2D eigenvalue weighted by atomic mass is 10.1. The first-order chi connectivity index (χ1) is 13.4. The average molecular weight is 446 g/mol. The molecule has 29 heavy (non-hydrogen) atoms. The molecule has 0 bridgehead atoms. The van der Waals surface area contributed by atoms with Crippen LogP contribution in [0, 0.1) is 0 Å². The molecule has 2 N–H and O–H groups in total. The zero-order valence-corrected chi connectivity index (χ0v) is 17.0. The summed E-state index contributed by atoms with van der Waals surface area (Å²) in [6, 6.07) is 8.63. The van der Waals surface area contributed by atoms with Crippen molar-refractivity contribution < 1.29 is 31.2 Å². The number of anilines is 1. The molecule has 0 heterocycles. The smallest absolute Gasteiger partial charge is 0.366 e. The Morgan fingerprint density at radius 1 is 1.10 bits per heavy atom. The Morgan fingerprint density at radius 3 is 2.17 bits per heavy atom. The number of alkyl halides is 3. The molecule has 0 spiro atoms. The van der Waals surface area contributed by atoms with Gasteiger partial charge >= 0.3 is 5.51 Å². The minimum absolute atomic E-state index is 0.0155. The lowest BCUT2D eigenvalue weighted by molar-refractivity contribution is -0.0328. The maximum Gasteiger partial charge on any atom is 0.446 e. The number of carbonyl (C=O) groups excluding carboxylic acids is 2. The summed E-state index contributed by atoms with van der Waals surface area (Å²) in [6.07, 6.45) is 0. The van der Waals surface area contributed by atoms with E-state index < -0.39 is 27.2 Å². The number of hydrogen-bond donors (Lipinski definition) is 1. The van der Waals surface area contributed by atoms with E-state index in [9.17, 15) is 31.2 Å². The number of sulfone groups is 1. The number of thioether (sulfide) groups is 1. The molecule has 0 radical (unpaired) electrons. The molecule has 0 aliphatic heterocycles.